The molecule has 1 aliphatic heterocycles. The summed E-state index contributed by atoms with van der Waals surface area (Å²) in [5.74, 6) is 0.976. The Morgan fingerprint density at radius 3 is 2.79 bits per heavy atom. The molecule has 1 unspecified atom stereocenters. The molecule has 2 rings (SSSR count). The Morgan fingerprint density at radius 2 is 2.14 bits per heavy atom. The summed E-state index contributed by atoms with van der Waals surface area (Å²) in [4.78, 5) is 0. The van der Waals surface area contributed by atoms with Crippen LogP contribution in [0.2, 0.25) is 0 Å². The standard InChI is InChI=1S/C12H17NO/c1-10-4-6-12(7-5-10)14-9-11-3-2-8-13-11/h4-7,11,13H,2-3,8-9H2,1H3. The molecule has 76 valence electrons. The molecule has 2 nitrogen and oxygen atoms in total. The Hall–Kier alpha value is -1.02. The largest absolute Gasteiger partial charge is 0.492 e. The van der Waals surface area contributed by atoms with E-state index in [2.05, 4.69) is 24.4 Å². The number of aryl methyl sites for hydroxylation is 1. The van der Waals surface area contributed by atoms with Gasteiger partial charge in [-0.25, -0.2) is 0 Å². The predicted molar refractivity (Wildman–Crippen MR) is 57.7 cm³/mol. The fourth-order valence-corrected chi connectivity index (χ4v) is 1.73. The third-order valence-corrected chi connectivity index (χ3v) is 2.63. The van der Waals surface area contributed by atoms with Crippen LogP contribution < -0.4 is 10.1 Å². The van der Waals surface area contributed by atoms with Crippen LogP contribution in [0, 0.1) is 6.92 Å². The van der Waals surface area contributed by atoms with Gasteiger partial charge in [0.2, 0.25) is 0 Å². The van der Waals surface area contributed by atoms with Gasteiger partial charge >= 0.3 is 0 Å². The second-order valence-corrected chi connectivity index (χ2v) is 3.92. The summed E-state index contributed by atoms with van der Waals surface area (Å²) >= 11 is 0. The average Bonchev–Trinajstić information content (AvgIpc) is 2.70. The van der Waals surface area contributed by atoms with Crippen molar-refractivity contribution in [3.8, 4) is 5.75 Å². The zero-order valence-corrected chi connectivity index (χ0v) is 8.62. The number of hydrogen-bond donors (Lipinski definition) is 1. The molecule has 1 aromatic rings. The third-order valence-electron chi connectivity index (χ3n) is 2.63. The minimum absolute atomic E-state index is 0.552. The third kappa shape index (κ3) is 2.48. The van der Waals surface area contributed by atoms with Crippen LogP contribution in [0.4, 0.5) is 0 Å². The SMILES string of the molecule is Cc1ccc(OCC2CCCN2)cc1. The molecule has 2 heteroatoms. The molecule has 0 amide bonds. The van der Waals surface area contributed by atoms with Gasteiger partial charge in [-0.3, -0.25) is 0 Å². The lowest BCUT2D eigenvalue weighted by molar-refractivity contribution is 0.277. The van der Waals surface area contributed by atoms with E-state index < -0.39 is 0 Å². The molecule has 0 radical (unpaired) electrons. The zero-order valence-electron chi connectivity index (χ0n) is 8.62. The average molecular weight is 191 g/mol. The van der Waals surface area contributed by atoms with Gasteiger partial charge in [0.1, 0.15) is 12.4 Å². The first-order valence-electron chi connectivity index (χ1n) is 5.27. The molecule has 0 saturated carbocycles. The van der Waals surface area contributed by atoms with Crippen molar-refractivity contribution in [2.75, 3.05) is 13.2 Å². The molecule has 0 aliphatic carbocycles. The summed E-state index contributed by atoms with van der Waals surface area (Å²) in [6, 6.07) is 8.78. The molecular weight excluding hydrogens is 174 g/mol. The Kier molecular flexibility index (Phi) is 3.04. The van der Waals surface area contributed by atoms with Crippen LogP contribution >= 0.6 is 0 Å². The van der Waals surface area contributed by atoms with Gasteiger partial charge in [-0.05, 0) is 38.4 Å². The lowest BCUT2D eigenvalue weighted by Gasteiger charge is -2.11. The van der Waals surface area contributed by atoms with E-state index in [9.17, 15) is 0 Å². The summed E-state index contributed by atoms with van der Waals surface area (Å²) in [6.07, 6.45) is 2.52. The maximum absolute atomic E-state index is 5.68. The topological polar surface area (TPSA) is 21.3 Å². The van der Waals surface area contributed by atoms with E-state index in [-0.39, 0.29) is 0 Å². The minimum atomic E-state index is 0.552. The van der Waals surface area contributed by atoms with Gasteiger partial charge in [0, 0.05) is 6.04 Å². The first-order chi connectivity index (χ1) is 6.84. The summed E-state index contributed by atoms with van der Waals surface area (Å²) in [6.45, 7) is 4.02. The molecular formula is C12H17NO. The highest BCUT2D eigenvalue weighted by molar-refractivity contribution is 5.26. The monoisotopic (exact) mass is 191 g/mol. The van der Waals surface area contributed by atoms with Crippen molar-refractivity contribution in [1.29, 1.82) is 0 Å². The molecule has 1 heterocycles. The van der Waals surface area contributed by atoms with Crippen LogP contribution in [0.25, 0.3) is 0 Å². The van der Waals surface area contributed by atoms with Gasteiger partial charge in [-0.15, -0.1) is 0 Å². The molecule has 1 N–H and O–H groups in total. The number of rotatable bonds is 3. The lowest BCUT2D eigenvalue weighted by atomic mass is 10.2. The maximum atomic E-state index is 5.68. The molecule has 1 fully saturated rings. The molecule has 0 aromatic heterocycles. The second-order valence-electron chi connectivity index (χ2n) is 3.92. The van der Waals surface area contributed by atoms with Crippen LogP contribution in [0.5, 0.6) is 5.75 Å². The Bertz CT molecular complexity index is 275. The van der Waals surface area contributed by atoms with Crippen molar-refractivity contribution in [3.05, 3.63) is 29.8 Å². The maximum Gasteiger partial charge on any atom is 0.119 e. The Balaban J connectivity index is 1.82. The van der Waals surface area contributed by atoms with Crippen molar-refractivity contribution in [1.82, 2.24) is 5.32 Å². The van der Waals surface area contributed by atoms with Gasteiger partial charge in [-0.1, -0.05) is 17.7 Å². The summed E-state index contributed by atoms with van der Waals surface area (Å²) in [5.41, 5.74) is 1.27. The zero-order chi connectivity index (χ0) is 9.80. The molecule has 1 aliphatic rings. The Labute approximate surface area is 85.3 Å². The summed E-state index contributed by atoms with van der Waals surface area (Å²) in [5, 5.41) is 3.41. The smallest absolute Gasteiger partial charge is 0.119 e. The normalized spacial score (nSPS) is 21.1. The fourth-order valence-electron chi connectivity index (χ4n) is 1.73. The van der Waals surface area contributed by atoms with Crippen LogP contribution in [0.15, 0.2) is 24.3 Å². The number of nitrogens with one attached hydrogen (secondary N) is 1. The van der Waals surface area contributed by atoms with Crippen molar-refractivity contribution in [2.45, 2.75) is 25.8 Å². The summed E-state index contributed by atoms with van der Waals surface area (Å²) in [7, 11) is 0. The fraction of sp³-hybridized carbons (Fsp3) is 0.500. The first-order valence-corrected chi connectivity index (χ1v) is 5.27. The van der Waals surface area contributed by atoms with E-state index in [0.717, 1.165) is 18.9 Å². The predicted octanol–water partition coefficient (Wildman–Crippen LogP) is 2.13. The highest BCUT2D eigenvalue weighted by atomic mass is 16.5. The van der Waals surface area contributed by atoms with Crippen LogP contribution in [-0.4, -0.2) is 19.2 Å². The highest BCUT2D eigenvalue weighted by Gasteiger charge is 2.13. The second kappa shape index (κ2) is 4.47. The Morgan fingerprint density at radius 1 is 1.36 bits per heavy atom. The van der Waals surface area contributed by atoms with Crippen LogP contribution in [0.3, 0.4) is 0 Å². The van der Waals surface area contributed by atoms with E-state index in [1.165, 1.54) is 18.4 Å². The minimum Gasteiger partial charge on any atom is -0.492 e. The van der Waals surface area contributed by atoms with Gasteiger partial charge in [0.15, 0.2) is 0 Å². The van der Waals surface area contributed by atoms with E-state index >= 15 is 0 Å². The highest BCUT2D eigenvalue weighted by Crippen LogP contribution is 2.13. The van der Waals surface area contributed by atoms with Crippen LogP contribution in [-0.2, 0) is 0 Å². The van der Waals surface area contributed by atoms with Gasteiger partial charge in [0.25, 0.3) is 0 Å². The molecule has 1 atom stereocenters. The summed E-state index contributed by atoms with van der Waals surface area (Å²) < 4.78 is 5.68. The van der Waals surface area contributed by atoms with Crippen molar-refractivity contribution >= 4 is 0 Å². The molecule has 0 bridgehead atoms. The molecule has 14 heavy (non-hydrogen) atoms. The number of hydrogen-bond acceptors (Lipinski definition) is 2. The van der Waals surface area contributed by atoms with Crippen molar-refractivity contribution in [3.63, 3.8) is 0 Å². The van der Waals surface area contributed by atoms with Gasteiger partial charge < -0.3 is 10.1 Å². The van der Waals surface area contributed by atoms with E-state index in [1.54, 1.807) is 0 Å². The van der Waals surface area contributed by atoms with Crippen LogP contribution in [0.1, 0.15) is 18.4 Å². The van der Waals surface area contributed by atoms with Crippen molar-refractivity contribution in [2.24, 2.45) is 0 Å². The number of benzene rings is 1. The first kappa shape index (κ1) is 9.53. The van der Waals surface area contributed by atoms with E-state index in [0.29, 0.717) is 6.04 Å². The lowest BCUT2D eigenvalue weighted by Crippen LogP contribution is -2.28. The van der Waals surface area contributed by atoms with E-state index in [1.807, 2.05) is 12.1 Å². The molecule has 1 aromatic carbocycles. The van der Waals surface area contributed by atoms with E-state index in [4.69, 9.17) is 4.74 Å². The molecule has 1 saturated heterocycles. The number of ether oxygens (including phenoxy) is 1. The van der Waals surface area contributed by atoms with Crippen molar-refractivity contribution < 1.29 is 4.74 Å². The van der Waals surface area contributed by atoms with Gasteiger partial charge in [-0.2, -0.15) is 0 Å². The molecule has 0 spiro atoms. The van der Waals surface area contributed by atoms with Gasteiger partial charge in [0.05, 0.1) is 0 Å². The quantitative estimate of drug-likeness (QED) is 0.790.